The first-order valence-corrected chi connectivity index (χ1v) is 6.05. The van der Waals surface area contributed by atoms with Gasteiger partial charge in [-0.2, -0.15) is 10.2 Å². The molecule has 19 heavy (non-hydrogen) atoms. The van der Waals surface area contributed by atoms with Crippen molar-refractivity contribution >= 4 is 11.8 Å². The highest BCUT2D eigenvalue weighted by molar-refractivity contribution is 5.92. The largest absolute Gasteiger partial charge is 0.298 e. The Morgan fingerprint density at radius 3 is 2.74 bits per heavy atom. The third-order valence-electron chi connectivity index (χ3n) is 3.35. The molecule has 0 N–H and O–H groups in total. The minimum absolute atomic E-state index is 0.674. The number of aromatic nitrogens is 4. The average molecular weight is 254 g/mol. The summed E-state index contributed by atoms with van der Waals surface area (Å²) in [7, 11) is 1.88. The maximum absolute atomic E-state index is 11.3. The number of carbonyl (C=O) groups excluding carboxylic acids is 1. The minimum atomic E-state index is 0.674. The van der Waals surface area contributed by atoms with Gasteiger partial charge in [0, 0.05) is 25.0 Å². The van der Waals surface area contributed by atoms with E-state index < -0.39 is 0 Å². The molecule has 0 saturated carbocycles. The van der Waals surface area contributed by atoms with E-state index in [-0.39, 0.29) is 0 Å². The molecule has 0 bridgehead atoms. The molecule has 0 spiro atoms. The van der Waals surface area contributed by atoms with Crippen LogP contribution in [0.15, 0.2) is 24.5 Å². The van der Waals surface area contributed by atoms with E-state index in [1.807, 2.05) is 39.2 Å². The third-order valence-corrected chi connectivity index (χ3v) is 3.35. The van der Waals surface area contributed by atoms with Crippen LogP contribution in [0.3, 0.4) is 0 Å². The molecule has 0 atom stereocenters. The summed E-state index contributed by atoms with van der Waals surface area (Å²) in [6.07, 6.45) is 4.55. The van der Waals surface area contributed by atoms with Crippen LogP contribution in [0.5, 0.6) is 0 Å². The van der Waals surface area contributed by atoms with Crippen LogP contribution in [0.1, 0.15) is 21.5 Å². The van der Waals surface area contributed by atoms with E-state index in [1.165, 1.54) is 0 Å². The first-order chi connectivity index (χ1) is 9.13. The molecular weight excluding hydrogens is 240 g/mol. The number of aryl methyl sites for hydroxylation is 2. The normalized spacial score (nSPS) is 11.1. The van der Waals surface area contributed by atoms with Crippen molar-refractivity contribution in [2.45, 2.75) is 13.8 Å². The molecule has 0 aliphatic rings. The zero-order valence-corrected chi connectivity index (χ0v) is 11.1. The average Bonchev–Trinajstić information content (AvgIpc) is 2.85. The van der Waals surface area contributed by atoms with E-state index >= 15 is 0 Å². The molecule has 0 saturated heterocycles. The standard InChI is InChI=1S/C14H14N4O/c1-9-7-17(3)16-13(9)14-10(2)11(8-19)12-5-4-6-15-18(12)14/h4-8H,1-3H3. The van der Waals surface area contributed by atoms with Gasteiger partial charge in [-0.05, 0) is 37.1 Å². The van der Waals surface area contributed by atoms with Crippen LogP contribution >= 0.6 is 0 Å². The van der Waals surface area contributed by atoms with Gasteiger partial charge in [0.2, 0.25) is 0 Å². The van der Waals surface area contributed by atoms with Crippen molar-refractivity contribution in [3.63, 3.8) is 0 Å². The second-order valence-corrected chi connectivity index (χ2v) is 4.66. The lowest BCUT2D eigenvalue weighted by molar-refractivity contribution is 0.112. The number of carbonyl (C=O) groups is 1. The molecule has 5 nitrogen and oxygen atoms in total. The molecule has 3 rings (SSSR count). The van der Waals surface area contributed by atoms with Crippen LogP contribution < -0.4 is 0 Å². The van der Waals surface area contributed by atoms with Gasteiger partial charge in [-0.1, -0.05) is 0 Å². The molecule has 96 valence electrons. The van der Waals surface area contributed by atoms with Crippen LogP contribution in [0, 0.1) is 13.8 Å². The Hall–Kier alpha value is -2.43. The second kappa shape index (κ2) is 4.05. The molecule has 0 unspecified atom stereocenters. The van der Waals surface area contributed by atoms with Gasteiger partial charge >= 0.3 is 0 Å². The summed E-state index contributed by atoms with van der Waals surface area (Å²) in [6.45, 7) is 3.94. The summed E-state index contributed by atoms with van der Waals surface area (Å²) in [5, 5.41) is 8.82. The molecular formula is C14H14N4O. The van der Waals surface area contributed by atoms with Crippen LogP contribution in [-0.4, -0.2) is 25.7 Å². The maximum atomic E-state index is 11.3. The third kappa shape index (κ3) is 1.58. The molecule has 0 aliphatic carbocycles. The van der Waals surface area contributed by atoms with Crippen molar-refractivity contribution in [3.8, 4) is 11.4 Å². The topological polar surface area (TPSA) is 52.2 Å². The lowest BCUT2D eigenvalue weighted by Gasteiger charge is -2.00. The zero-order chi connectivity index (χ0) is 13.6. The highest BCUT2D eigenvalue weighted by Gasteiger charge is 2.19. The van der Waals surface area contributed by atoms with E-state index in [0.29, 0.717) is 5.56 Å². The quantitative estimate of drug-likeness (QED) is 0.658. The molecule has 3 aromatic rings. The first kappa shape index (κ1) is 11.6. The van der Waals surface area contributed by atoms with Crippen molar-refractivity contribution in [1.82, 2.24) is 19.4 Å². The van der Waals surface area contributed by atoms with E-state index in [9.17, 15) is 4.79 Å². The SMILES string of the molecule is Cc1cn(C)nc1-c1c(C)c(C=O)c2cccnn12. The van der Waals surface area contributed by atoms with Crippen molar-refractivity contribution in [1.29, 1.82) is 0 Å². The van der Waals surface area contributed by atoms with Gasteiger partial charge in [-0.25, -0.2) is 4.52 Å². The van der Waals surface area contributed by atoms with E-state index in [0.717, 1.165) is 34.3 Å². The van der Waals surface area contributed by atoms with Crippen molar-refractivity contribution < 1.29 is 4.79 Å². The number of fused-ring (bicyclic) bond motifs is 1. The molecule has 0 amide bonds. The fraction of sp³-hybridized carbons (Fsp3) is 0.214. The first-order valence-electron chi connectivity index (χ1n) is 6.05. The van der Waals surface area contributed by atoms with Crippen molar-refractivity contribution in [2.75, 3.05) is 0 Å². The summed E-state index contributed by atoms with van der Waals surface area (Å²) < 4.78 is 3.56. The van der Waals surface area contributed by atoms with Crippen molar-refractivity contribution in [3.05, 3.63) is 41.2 Å². The summed E-state index contributed by atoms with van der Waals surface area (Å²) >= 11 is 0. The summed E-state index contributed by atoms with van der Waals surface area (Å²) in [6, 6.07) is 3.72. The predicted octanol–water partition coefficient (Wildman–Crippen LogP) is 2.16. The van der Waals surface area contributed by atoms with E-state index in [1.54, 1.807) is 15.4 Å². The van der Waals surface area contributed by atoms with Crippen LogP contribution in [0.25, 0.3) is 16.9 Å². The molecule has 0 aliphatic heterocycles. The number of aldehydes is 1. The number of nitrogens with zero attached hydrogens (tertiary/aromatic N) is 4. The van der Waals surface area contributed by atoms with Gasteiger partial charge in [-0.3, -0.25) is 9.48 Å². The lowest BCUT2D eigenvalue weighted by Crippen LogP contribution is -1.96. The molecule has 3 aromatic heterocycles. The Labute approximate surface area is 110 Å². The zero-order valence-electron chi connectivity index (χ0n) is 11.1. The summed E-state index contributed by atoms with van der Waals surface area (Å²) in [4.78, 5) is 11.3. The Morgan fingerprint density at radius 1 is 1.32 bits per heavy atom. The van der Waals surface area contributed by atoms with Gasteiger partial charge < -0.3 is 0 Å². The Kier molecular flexibility index (Phi) is 2.48. The number of hydrogen-bond acceptors (Lipinski definition) is 3. The van der Waals surface area contributed by atoms with Crippen LogP contribution in [0.4, 0.5) is 0 Å². The van der Waals surface area contributed by atoms with Gasteiger partial charge in [0.05, 0.1) is 11.2 Å². The monoisotopic (exact) mass is 254 g/mol. The van der Waals surface area contributed by atoms with Gasteiger partial charge in [0.25, 0.3) is 0 Å². The smallest absolute Gasteiger partial charge is 0.152 e. The fourth-order valence-corrected chi connectivity index (χ4v) is 2.50. The Bertz CT molecular complexity index is 782. The number of hydrogen-bond donors (Lipinski definition) is 0. The minimum Gasteiger partial charge on any atom is -0.298 e. The highest BCUT2D eigenvalue weighted by Crippen LogP contribution is 2.30. The molecule has 0 aromatic carbocycles. The van der Waals surface area contributed by atoms with Crippen LogP contribution in [-0.2, 0) is 7.05 Å². The summed E-state index contributed by atoms with van der Waals surface area (Å²) in [5.74, 6) is 0. The number of rotatable bonds is 2. The van der Waals surface area contributed by atoms with Gasteiger partial charge in [0.1, 0.15) is 5.69 Å². The van der Waals surface area contributed by atoms with E-state index in [2.05, 4.69) is 10.2 Å². The van der Waals surface area contributed by atoms with Gasteiger partial charge in [-0.15, -0.1) is 0 Å². The Morgan fingerprint density at radius 2 is 2.11 bits per heavy atom. The lowest BCUT2D eigenvalue weighted by atomic mass is 10.1. The molecule has 5 heteroatoms. The predicted molar refractivity (Wildman–Crippen MR) is 72.3 cm³/mol. The van der Waals surface area contributed by atoms with Gasteiger partial charge in [0.15, 0.2) is 6.29 Å². The fourth-order valence-electron chi connectivity index (χ4n) is 2.50. The van der Waals surface area contributed by atoms with Crippen molar-refractivity contribution in [2.24, 2.45) is 7.05 Å². The molecule has 0 fully saturated rings. The molecule has 0 radical (unpaired) electrons. The highest BCUT2D eigenvalue weighted by atomic mass is 16.1. The van der Waals surface area contributed by atoms with E-state index in [4.69, 9.17) is 0 Å². The second-order valence-electron chi connectivity index (χ2n) is 4.66. The molecule has 3 heterocycles. The van der Waals surface area contributed by atoms with Crippen LogP contribution in [0.2, 0.25) is 0 Å². The summed E-state index contributed by atoms with van der Waals surface area (Å²) in [5.41, 5.74) is 5.21. The Balaban J connectivity index is 2.44. The maximum Gasteiger partial charge on any atom is 0.152 e.